The van der Waals surface area contributed by atoms with Crippen molar-refractivity contribution in [3.8, 4) is 11.3 Å². The van der Waals surface area contributed by atoms with E-state index in [0.29, 0.717) is 12.1 Å². The number of aromatic nitrogens is 2. The van der Waals surface area contributed by atoms with Gasteiger partial charge in [0.1, 0.15) is 5.82 Å². The Morgan fingerprint density at radius 2 is 1.90 bits per heavy atom. The van der Waals surface area contributed by atoms with Crippen LogP contribution in [0.3, 0.4) is 0 Å². The maximum Gasteiger partial charge on any atom is 0.128 e. The van der Waals surface area contributed by atoms with Gasteiger partial charge < -0.3 is 5.32 Å². The van der Waals surface area contributed by atoms with E-state index in [-0.39, 0.29) is 5.82 Å². The number of H-pyrrole nitrogens is 1. The summed E-state index contributed by atoms with van der Waals surface area (Å²) in [5.74, 6) is -0.179. The van der Waals surface area contributed by atoms with Crippen LogP contribution < -0.4 is 5.32 Å². The lowest BCUT2D eigenvalue weighted by Gasteiger charge is -2.09. The zero-order valence-electron chi connectivity index (χ0n) is 11.7. The fraction of sp³-hybridized carbons (Fsp3) is 0.118. The van der Waals surface area contributed by atoms with Crippen LogP contribution in [0.4, 0.5) is 10.1 Å². The molecule has 0 amide bonds. The minimum Gasteiger partial charge on any atom is -0.381 e. The van der Waals surface area contributed by atoms with Gasteiger partial charge in [-0.1, -0.05) is 29.8 Å². The lowest BCUT2D eigenvalue weighted by atomic mass is 10.1. The van der Waals surface area contributed by atoms with Crippen molar-refractivity contribution in [2.24, 2.45) is 0 Å². The largest absolute Gasteiger partial charge is 0.381 e. The molecule has 4 heteroatoms. The first kappa shape index (κ1) is 13.4. The molecule has 0 radical (unpaired) electrons. The van der Waals surface area contributed by atoms with Crippen LogP contribution in [0.15, 0.2) is 54.7 Å². The van der Waals surface area contributed by atoms with Crippen LogP contribution in [0, 0.1) is 12.7 Å². The Labute approximate surface area is 122 Å². The highest BCUT2D eigenvalue weighted by Gasteiger charge is 2.03. The maximum atomic E-state index is 13.7. The number of benzene rings is 2. The highest BCUT2D eigenvalue weighted by atomic mass is 19.1. The van der Waals surface area contributed by atoms with Gasteiger partial charge in [-0.15, -0.1) is 0 Å². The van der Waals surface area contributed by atoms with Crippen molar-refractivity contribution >= 4 is 5.69 Å². The molecule has 3 aromatic rings. The van der Waals surface area contributed by atoms with Gasteiger partial charge in [0.25, 0.3) is 0 Å². The predicted octanol–water partition coefficient (Wildman–Crippen LogP) is 4.14. The van der Waals surface area contributed by atoms with Crippen LogP contribution in [0.1, 0.15) is 11.1 Å². The second-order valence-corrected chi connectivity index (χ2v) is 5.00. The van der Waals surface area contributed by atoms with Crippen molar-refractivity contribution in [1.82, 2.24) is 10.2 Å². The molecular weight excluding hydrogens is 265 g/mol. The number of rotatable bonds is 4. The van der Waals surface area contributed by atoms with Gasteiger partial charge in [-0.2, -0.15) is 5.10 Å². The van der Waals surface area contributed by atoms with E-state index in [1.807, 2.05) is 43.3 Å². The van der Waals surface area contributed by atoms with Crippen LogP contribution in [-0.2, 0) is 6.54 Å². The summed E-state index contributed by atoms with van der Waals surface area (Å²) in [7, 11) is 0. The third-order valence-electron chi connectivity index (χ3n) is 3.38. The number of aromatic amines is 1. The number of nitrogens with zero attached hydrogens (tertiary/aromatic N) is 1. The molecule has 0 atom stereocenters. The first-order valence-electron chi connectivity index (χ1n) is 6.81. The van der Waals surface area contributed by atoms with E-state index in [1.165, 1.54) is 6.07 Å². The average molecular weight is 281 g/mol. The fourth-order valence-electron chi connectivity index (χ4n) is 2.22. The van der Waals surface area contributed by atoms with Crippen LogP contribution in [0.5, 0.6) is 0 Å². The molecule has 21 heavy (non-hydrogen) atoms. The number of hydrogen-bond acceptors (Lipinski definition) is 2. The van der Waals surface area contributed by atoms with Gasteiger partial charge in [0.2, 0.25) is 0 Å². The topological polar surface area (TPSA) is 40.7 Å². The molecule has 3 nitrogen and oxygen atoms in total. The van der Waals surface area contributed by atoms with Crippen molar-refractivity contribution in [3.63, 3.8) is 0 Å². The Bertz CT molecular complexity index is 718. The molecule has 0 aliphatic carbocycles. The summed E-state index contributed by atoms with van der Waals surface area (Å²) >= 11 is 0. The summed E-state index contributed by atoms with van der Waals surface area (Å²) in [5.41, 5.74) is 4.74. The van der Waals surface area contributed by atoms with Crippen molar-refractivity contribution < 1.29 is 4.39 Å². The fourth-order valence-corrected chi connectivity index (χ4v) is 2.22. The average Bonchev–Trinajstić information content (AvgIpc) is 3.03. The molecule has 0 saturated carbocycles. The Morgan fingerprint density at radius 3 is 2.62 bits per heavy atom. The van der Waals surface area contributed by atoms with E-state index in [0.717, 1.165) is 22.5 Å². The van der Waals surface area contributed by atoms with Crippen LogP contribution >= 0.6 is 0 Å². The normalized spacial score (nSPS) is 10.6. The van der Waals surface area contributed by atoms with E-state index in [4.69, 9.17) is 0 Å². The van der Waals surface area contributed by atoms with Crippen molar-refractivity contribution in [1.29, 1.82) is 0 Å². The second-order valence-electron chi connectivity index (χ2n) is 5.00. The van der Waals surface area contributed by atoms with Crippen molar-refractivity contribution in [2.75, 3.05) is 5.32 Å². The summed E-state index contributed by atoms with van der Waals surface area (Å²) in [6.07, 6.45) is 1.72. The Kier molecular flexibility index (Phi) is 3.69. The highest BCUT2D eigenvalue weighted by Crippen LogP contribution is 2.19. The van der Waals surface area contributed by atoms with Crippen molar-refractivity contribution in [2.45, 2.75) is 13.5 Å². The molecule has 0 aliphatic heterocycles. The third-order valence-corrected chi connectivity index (χ3v) is 3.38. The predicted molar refractivity (Wildman–Crippen MR) is 82.5 cm³/mol. The molecule has 0 fully saturated rings. The summed E-state index contributed by atoms with van der Waals surface area (Å²) in [6, 6.07) is 15.0. The monoisotopic (exact) mass is 281 g/mol. The van der Waals surface area contributed by atoms with Crippen molar-refractivity contribution in [3.05, 3.63) is 71.7 Å². The SMILES string of the molecule is Cc1ccc(F)c(CNc2ccc(-c3ccn[nH]3)cc2)c1. The second kappa shape index (κ2) is 5.79. The Hall–Kier alpha value is -2.62. The molecule has 0 saturated heterocycles. The molecule has 1 heterocycles. The van der Waals surface area contributed by atoms with Gasteiger partial charge in [0.15, 0.2) is 0 Å². The molecule has 2 N–H and O–H groups in total. The molecule has 0 unspecified atom stereocenters. The Balaban J connectivity index is 1.70. The zero-order chi connectivity index (χ0) is 14.7. The maximum absolute atomic E-state index is 13.7. The number of hydrogen-bond donors (Lipinski definition) is 2. The van der Waals surface area contributed by atoms with Crippen LogP contribution in [0.2, 0.25) is 0 Å². The molecule has 2 aromatic carbocycles. The van der Waals surface area contributed by atoms with Crippen LogP contribution in [-0.4, -0.2) is 10.2 Å². The number of nitrogens with one attached hydrogen (secondary N) is 2. The molecular formula is C17H16FN3. The third kappa shape index (κ3) is 3.11. The number of aryl methyl sites for hydroxylation is 1. The minimum absolute atomic E-state index is 0.179. The molecule has 1 aromatic heterocycles. The molecule has 3 rings (SSSR count). The van der Waals surface area contributed by atoms with E-state index >= 15 is 0 Å². The summed E-state index contributed by atoms with van der Waals surface area (Å²) in [5, 5.41) is 10.1. The minimum atomic E-state index is -0.179. The quantitative estimate of drug-likeness (QED) is 0.754. The summed E-state index contributed by atoms with van der Waals surface area (Å²) in [6.45, 7) is 2.43. The van der Waals surface area contributed by atoms with E-state index in [2.05, 4.69) is 15.5 Å². The number of halogens is 1. The summed E-state index contributed by atoms with van der Waals surface area (Å²) < 4.78 is 13.7. The van der Waals surface area contributed by atoms with Gasteiger partial charge in [0.05, 0.1) is 5.69 Å². The van der Waals surface area contributed by atoms with Crippen LogP contribution in [0.25, 0.3) is 11.3 Å². The van der Waals surface area contributed by atoms with E-state index in [9.17, 15) is 4.39 Å². The first-order valence-corrected chi connectivity index (χ1v) is 6.81. The van der Waals surface area contributed by atoms with Gasteiger partial charge in [-0.3, -0.25) is 5.10 Å². The first-order chi connectivity index (χ1) is 10.2. The molecule has 0 bridgehead atoms. The standard InChI is InChI=1S/C17H16FN3/c1-12-2-7-16(18)14(10-12)11-19-15-5-3-13(4-6-15)17-8-9-20-21-17/h2-10,19H,11H2,1H3,(H,20,21). The molecule has 0 spiro atoms. The van der Waals surface area contributed by atoms with Gasteiger partial charge in [-0.05, 0) is 36.8 Å². The van der Waals surface area contributed by atoms with Gasteiger partial charge in [0, 0.05) is 24.0 Å². The zero-order valence-corrected chi connectivity index (χ0v) is 11.7. The van der Waals surface area contributed by atoms with E-state index < -0.39 is 0 Å². The van der Waals surface area contributed by atoms with Gasteiger partial charge >= 0.3 is 0 Å². The number of anilines is 1. The smallest absolute Gasteiger partial charge is 0.128 e. The molecule has 0 aliphatic rings. The lowest BCUT2D eigenvalue weighted by Crippen LogP contribution is -2.02. The van der Waals surface area contributed by atoms with E-state index in [1.54, 1.807) is 12.3 Å². The lowest BCUT2D eigenvalue weighted by molar-refractivity contribution is 0.612. The van der Waals surface area contributed by atoms with Gasteiger partial charge in [-0.25, -0.2) is 4.39 Å². The summed E-state index contributed by atoms with van der Waals surface area (Å²) in [4.78, 5) is 0. The highest BCUT2D eigenvalue weighted by molar-refractivity contribution is 5.62. The molecule has 106 valence electrons. The Morgan fingerprint density at radius 1 is 1.10 bits per heavy atom.